The molecule has 0 amide bonds. The fourth-order valence-electron chi connectivity index (χ4n) is 23.5. The van der Waals surface area contributed by atoms with Gasteiger partial charge in [-0.2, -0.15) is 0 Å². The van der Waals surface area contributed by atoms with E-state index in [-0.39, 0.29) is 0 Å². The summed E-state index contributed by atoms with van der Waals surface area (Å²) in [7, 11) is 0. The van der Waals surface area contributed by atoms with Crippen LogP contribution in [0.15, 0.2) is 510 Å². The van der Waals surface area contributed by atoms with Gasteiger partial charge in [0.2, 0.25) is 5.95 Å². The maximum absolute atomic E-state index is 5.45. The van der Waals surface area contributed by atoms with Crippen LogP contribution in [-0.2, 0) is 0 Å². The molecule has 0 unspecified atom stereocenters. The number of hydrogen-bond acceptors (Lipinski definition) is 6. The summed E-state index contributed by atoms with van der Waals surface area (Å²) >= 11 is 0. The maximum atomic E-state index is 5.45. The Morgan fingerprint density at radius 3 is 0.919 bits per heavy atom. The average Bonchev–Trinajstić information content (AvgIpc) is 1.55. The molecule has 9 heterocycles. The van der Waals surface area contributed by atoms with Gasteiger partial charge in [0.15, 0.2) is 11.6 Å². The van der Waals surface area contributed by atoms with Crippen molar-refractivity contribution >= 4 is 207 Å². The van der Waals surface area contributed by atoms with Gasteiger partial charge < -0.3 is 13.7 Å². The summed E-state index contributed by atoms with van der Waals surface area (Å²) in [5.41, 5.74) is 29.4. The second-order valence-electron chi connectivity index (χ2n) is 38.3. The third-order valence-electron chi connectivity index (χ3n) is 30.0. The predicted molar refractivity (Wildman–Crippen MR) is 616 cm³/mol. The van der Waals surface area contributed by atoms with Crippen molar-refractivity contribution in [1.29, 1.82) is 0 Å². The summed E-state index contributed by atoms with van der Waals surface area (Å²) in [6.45, 7) is 0. The highest BCUT2D eigenvalue weighted by Crippen LogP contribution is 2.49. The van der Waals surface area contributed by atoms with Gasteiger partial charge in [-0.05, 0) is 206 Å². The van der Waals surface area contributed by atoms with E-state index in [0.29, 0.717) is 5.95 Å². The molecule has 23 aromatic carbocycles. The molecule has 0 atom stereocenters. The number of aromatic nitrogens is 12. The van der Waals surface area contributed by atoms with E-state index in [1.165, 1.54) is 130 Å². The molecule has 32 rings (SSSR count). The maximum Gasteiger partial charge on any atom is 0.235 e. The Hall–Kier alpha value is -20.1. The first-order valence-corrected chi connectivity index (χ1v) is 50.3. The third-order valence-corrected chi connectivity index (χ3v) is 30.0. The Labute approximate surface area is 847 Å². The normalized spacial score (nSPS) is 11.9. The van der Waals surface area contributed by atoms with Crippen LogP contribution in [0.2, 0.25) is 0 Å². The Kier molecular flexibility index (Phi) is 19.1. The van der Waals surface area contributed by atoms with E-state index in [1.807, 2.05) is 36.4 Å². The van der Waals surface area contributed by atoms with Crippen LogP contribution < -0.4 is 0 Å². The van der Waals surface area contributed by atoms with Crippen molar-refractivity contribution in [3.63, 3.8) is 0 Å². The SMILES string of the molecule is c1ccc(-c2cccc(-c3nc4ccccc4nc3-n3c4ccccc4c4cc5c6c7ccccc7ccc6n(-c6ccccc6)c5cc43)c2)cc1.c1ccc(-c2nc(-n3c4ccccc4c4cc5c6c7ccccc7ccc6n(-c6ccccc6)c5cc43)nc3ccccc23)cc1.c1ccc(-n2c3ccccc3c3cc4c5c6ccccc6ccc5n(-c5nc6ccccc6nc5-c5ccc6ccccc6c5)c4cc32)cc1. The monoisotopic (exact) mass is 1880 g/mol. The first-order valence-electron chi connectivity index (χ1n) is 50.3. The molecule has 0 aliphatic heterocycles. The molecule has 148 heavy (non-hydrogen) atoms. The fourth-order valence-corrected chi connectivity index (χ4v) is 23.5. The van der Waals surface area contributed by atoms with Crippen LogP contribution in [0.4, 0.5) is 0 Å². The van der Waals surface area contributed by atoms with Gasteiger partial charge in [-0.15, -0.1) is 0 Å². The van der Waals surface area contributed by atoms with Crippen LogP contribution in [0.1, 0.15) is 0 Å². The van der Waals surface area contributed by atoms with Crippen LogP contribution in [-0.4, -0.2) is 57.3 Å². The summed E-state index contributed by atoms with van der Waals surface area (Å²) in [5, 5.41) is 25.4. The smallest absolute Gasteiger partial charge is 0.235 e. The topological polar surface area (TPSA) is 107 Å². The highest BCUT2D eigenvalue weighted by atomic mass is 15.2. The largest absolute Gasteiger partial charge is 0.309 e. The van der Waals surface area contributed by atoms with Gasteiger partial charge in [-0.25, -0.2) is 29.9 Å². The van der Waals surface area contributed by atoms with Crippen LogP contribution in [0, 0.1) is 0 Å². The lowest BCUT2D eigenvalue weighted by Gasteiger charge is -2.15. The predicted octanol–water partition coefficient (Wildman–Crippen LogP) is 34.8. The van der Waals surface area contributed by atoms with Gasteiger partial charge in [0, 0.05) is 104 Å². The van der Waals surface area contributed by atoms with Crippen molar-refractivity contribution in [2.75, 3.05) is 0 Å². The standard InChI is InChI=1S/C48H30N4.C46H28N4.C42H26N4/c1-3-14-31(15-4-1)33-17-13-18-34(28-33)47-48(50-41-24-11-10-23-40(41)49-47)52-42-25-12-9-22-37(42)38-29-39-45(30-44(38)52)51(35-19-5-2-6-20-35)43-27-26-32-16-7-8-21-36(32)46(39)43;1-2-15-33(16-3-1)49-40-21-11-8-18-35(40)36-27-37-43(28-42(36)49)50(41-25-24-30-13-6-7-17-34(30)44(37)41)46-45(47-38-19-9-10-20-39(38)48-46)32-23-22-29-12-4-5-14-31(29)26-32;1-3-14-28(15-4-1)41-32-20-9-11-21-35(32)43-42(44-41)46-36-22-12-10-19-31(36)33-25-34-39(26-38(33)46)45(29-16-5-2-6-17-29)37-24-23-27-13-7-8-18-30(27)40(34)37/h1-30H;1-28H;1-26H. The number of rotatable bonds is 10. The quantitative estimate of drug-likeness (QED) is 0.135. The summed E-state index contributed by atoms with van der Waals surface area (Å²) in [4.78, 5) is 32.1. The third kappa shape index (κ3) is 13.3. The molecule has 0 radical (unpaired) electrons. The molecule has 12 nitrogen and oxygen atoms in total. The van der Waals surface area contributed by atoms with E-state index in [2.05, 4.69) is 501 Å². The summed E-state index contributed by atoms with van der Waals surface area (Å²) in [6, 6.07) is 181. The Balaban J connectivity index is 0.000000103. The second-order valence-corrected chi connectivity index (χ2v) is 38.3. The van der Waals surface area contributed by atoms with Gasteiger partial charge in [0.25, 0.3) is 0 Å². The minimum Gasteiger partial charge on any atom is -0.309 e. The van der Waals surface area contributed by atoms with Crippen molar-refractivity contribution in [3.8, 4) is 79.5 Å². The molecule has 0 saturated heterocycles. The zero-order valence-corrected chi connectivity index (χ0v) is 79.9. The molecule has 0 aliphatic rings. The molecular weight excluding hydrogens is 1800 g/mol. The first-order chi connectivity index (χ1) is 73.4. The molecule has 0 aliphatic carbocycles. The van der Waals surface area contributed by atoms with Crippen molar-refractivity contribution in [3.05, 3.63) is 510 Å². The van der Waals surface area contributed by atoms with Gasteiger partial charge in [0.1, 0.15) is 11.4 Å². The summed E-state index contributed by atoms with van der Waals surface area (Å²) in [6.07, 6.45) is 0. The average molecular weight is 1890 g/mol. The van der Waals surface area contributed by atoms with Crippen LogP contribution in [0.3, 0.4) is 0 Å². The van der Waals surface area contributed by atoms with Crippen LogP contribution >= 0.6 is 0 Å². The molecule has 0 spiro atoms. The highest BCUT2D eigenvalue weighted by molar-refractivity contribution is 6.29. The van der Waals surface area contributed by atoms with Crippen molar-refractivity contribution in [2.45, 2.75) is 0 Å². The van der Waals surface area contributed by atoms with Crippen molar-refractivity contribution in [1.82, 2.24) is 57.3 Å². The molecule has 0 saturated carbocycles. The van der Waals surface area contributed by atoms with Crippen LogP contribution in [0.5, 0.6) is 0 Å². The van der Waals surface area contributed by atoms with Gasteiger partial charge >= 0.3 is 0 Å². The fraction of sp³-hybridized carbons (Fsp3) is 0. The Morgan fingerprint density at radius 1 is 0.128 bits per heavy atom. The number of fused-ring (bicyclic) bond motifs is 28. The molecule has 0 bridgehead atoms. The summed E-state index contributed by atoms with van der Waals surface area (Å²) in [5.74, 6) is 2.29. The number of nitrogens with zero attached hydrogens (tertiary/aromatic N) is 12. The number of para-hydroxylation sites is 11. The minimum absolute atomic E-state index is 0.663. The first kappa shape index (κ1) is 83.7. The zero-order chi connectivity index (χ0) is 97.1. The van der Waals surface area contributed by atoms with Gasteiger partial charge in [0.05, 0.1) is 99.5 Å². The molecule has 12 heteroatoms. The Morgan fingerprint density at radius 2 is 0.439 bits per heavy atom. The van der Waals surface area contributed by atoms with E-state index in [9.17, 15) is 0 Å². The van der Waals surface area contributed by atoms with E-state index >= 15 is 0 Å². The molecule has 0 N–H and O–H groups in total. The lowest BCUT2D eigenvalue weighted by Crippen LogP contribution is -2.04. The van der Waals surface area contributed by atoms with E-state index < -0.39 is 0 Å². The van der Waals surface area contributed by atoms with Gasteiger partial charge in [-0.3, -0.25) is 13.7 Å². The van der Waals surface area contributed by atoms with Gasteiger partial charge in [-0.1, -0.05) is 358 Å². The Bertz CT molecular complexity index is 11100. The highest BCUT2D eigenvalue weighted by Gasteiger charge is 2.29. The molecule has 9 aromatic heterocycles. The zero-order valence-electron chi connectivity index (χ0n) is 79.9. The lowest BCUT2D eigenvalue weighted by molar-refractivity contribution is 1.01. The lowest BCUT2D eigenvalue weighted by atomic mass is 10.0. The second kappa shape index (κ2) is 33.8. The van der Waals surface area contributed by atoms with Crippen molar-refractivity contribution < 1.29 is 0 Å². The minimum atomic E-state index is 0.663. The van der Waals surface area contributed by atoms with Crippen LogP contribution in [0.25, 0.3) is 286 Å². The number of benzene rings is 23. The number of hydrogen-bond donors (Lipinski definition) is 0. The van der Waals surface area contributed by atoms with Crippen molar-refractivity contribution in [2.24, 2.45) is 0 Å². The molecule has 32 aromatic rings. The summed E-state index contributed by atoms with van der Waals surface area (Å²) < 4.78 is 14.1. The molecule has 0 fully saturated rings. The molecular formula is C136H84N12. The molecule has 688 valence electrons. The van der Waals surface area contributed by atoms with E-state index in [4.69, 9.17) is 29.9 Å². The van der Waals surface area contributed by atoms with E-state index in [0.717, 1.165) is 151 Å². The van der Waals surface area contributed by atoms with E-state index in [1.54, 1.807) is 0 Å².